The smallest absolute Gasteiger partial charge is 1.00 e. The molecular weight excluding hydrogens is 880 g/mol. The number of rotatable bonds is 9. The number of halogens is 1. The minimum absolute atomic E-state index is 0. The maximum absolute atomic E-state index is 2.23. The molecule has 0 aliphatic carbocycles. The van der Waals surface area contributed by atoms with E-state index >= 15 is 0 Å². The van der Waals surface area contributed by atoms with Gasteiger partial charge >= 0.3 is 16.5 Å². The van der Waals surface area contributed by atoms with E-state index in [1.54, 1.807) is 0 Å². The molecule has 59 heavy (non-hydrogen) atoms. The van der Waals surface area contributed by atoms with Crippen LogP contribution in [0.4, 0.5) is 0 Å². The zero-order chi connectivity index (χ0) is 38.7. The minimum Gasteiger partial charge on any atom is -1.00 e. The van der Waals surface area contributed by atoms with Crippen LogP contribution in [-0.2, 0) is 16.5 Å². The molecule has 9 aromatic rings. The van der Waals surface area contributed by atoms with Crippen LogP contribution in [0.1, 0.15) is 0 Å². The van der Waals surface area contributed by atoms with Gasteiger partial charge in [-0.3, -0.25) is 0 Å². The van der Waals surface area contributed by atoms with Crippen LogP contribution in [0.3, 0.4) is 0 Å². The van der Waals surface area contributed by atoms with Crippen molar-refractivity contribution in [2.24, 2.45) is 0 Å². The van der Waals surface area contributed by atoms with Crippen LogP contribution in [-0.4, -0.2) is 0 Å². The normalized spacial score (nSPS) is 10.2. The molecule has 293 valence electrons. The summed E-state index contributed by atoms with van der Waals surface area (Å²) in [6, 6.07) is 97.0. The van der Waals surface area contributed by atoms with Crippen molar-refractivity contribution in [2.75, 3.05) is 0 Å². The van der Waals surface area contributed by atoms with E-state index in [1.165, 1.54) is 47.7 Å². The number of hydrogen-bond acceptors (Lipinski definition) is 0. The first-order valence-electron chi connectivity index (χ1n) is 19.2. The average Bonchev–Trinajstić information content (AvgIpc) is 3.30. The molecule has 0 atom stereocenters. The van der Waals surface area contributed by atoms with Crippen molar-refractivity contribution < 1.29 is 33.5 Å². The summed E-state index contributed by atoms with van der Waals surface area (Å²) >= 11 is 0. The molecule has 0 nitrogen and oxygen atoms in total. The van der Waals surface area contributed by atoms with E-state index in [0.717, 1.165) is 0 Å². The Balaban J connectivity index is 0.000000165. The molecule has 0 amide bonds. The molecule has 0 aliphatic heterocycles. The summed E-state index contributed by atoms with van der Waals surface area (Å²) in [5.74, 6) is 0. The Morgan fingerprint density at radius 1 is 0.153 bits per heavy atom. The van der Waals surface area contributed by atoms with Crippen molar-refractivity contribution in [3.05, 3.63) is 273 Å². The second-order valence-electron chi connectivity index (χ2n) is 13.0. The van der Waals surface area contributed by atoms with E-state index in [1.807, 2.05) is 0 Å². The molecule has 0 spiro atoms. The zero-order valence-corrected chi connectivity index (χ0v) is 37.8. The Labute approximate surface area is 375 Å². The summed E-state index contributed by atoms with van der Waals surface area (Å²) in [6.07, 6.45) is 0. The predicted octanol–water partition coefficient (Wildman–Crippen LogP) is 7.34. The molecule has 1 radical (unpaired) electrons. The van der Waals surface area contributed by atoms with Gasteiger partial charge in [0.15, 0.2) is 0 Å². The molecule has 0 N–H and O–H groups in total. The van der Waals surface area contributed by atoms with E-state index in [2.05, 4.69) is 273 Å². The summed E-state index contributed by atoms with van der Waals surface area (Å²) in [4.78, 5) is 0. The zero-order valence-electron chi connectivity index (χ0n) is 32.5. The van der Waals surface area contributed by atoms with Gasteiger partial charge in [0.05, 0.1) is 0 Å². The second kappa shape index (κ2) is 25.0. The molecule has 9 aromatic carbocycles. The Morgan fingerprint density at radius 3 is 0.322 bits per heavy atom. The van der Waals surface area contributed by atoms with E-state index in [-0.39, 0.29) is 33.5 Å². The SMILES string of the molecule is [Br-].[Ni+].c1ccc(P(c2ccccc2)c2ccccc2)cc1.c1ccc(P(c2ccccc2)c2ccccc2)cc1.c1ccc(P(c2ccccc2)c2ccccc2)cc1. The van der Waals surface area contributed by atoms with E-state index in [0.29, 0.717) is 0 Å². The molecule has 0 bridgehead atoms. The van der Waals surface area contributed by atoms with Crippen molar-refractivity contribution in [2.45, 2.75) is 0 Å². The molecular formula is C54H45BrNiP3. The monoisotopic (exact) mass is 923 g/mol. The van der Waals surface area contributed by atoms with Gasteiger partial charge in [-0.2, -0.15) is 0 Å². The van der Waals surface area contributed by atoms with Crippen LogP contribution in [0.25, 0.3) is 0 Å². The van der Waals surface area contributed by atoms with Crippen LogP contribution in [0, 0.1) is 0 Å². The van der Waals surface area contributed by atoms with Crippen LogP contribution >= 0.6 is 23.8 Å². The van der Waals surface area contributed by atoms with Gasteiger partial charge in [0.25, 0.3) is 0 Å². The first-order valence-corrected chi connectivity index (χ1v) is 23.2. The van der Waals surface area contributed by atoms with Crippen molar-refractivity contribution in [3.8, 4) is 0 Å². The molecule has 0 aliphatic rings. The molecule has 5 heteroatoms. The Kier molecular flexibility index (Phi) is 19.2. The Hall–Kier alpha value is -4.76. The third-order valence-electron chi connectivity index (χ3n) is 9.13. The van der Waals surface area contributed by atoms with Gasteiger partial charge in [-0.05, 0) is 71.5 Å². The van der Waals surface area contributed by atoms with Gasteiger partial charge in [0.1, 0.15) is 0 Å². The first kappa shape index (κ1) is 45.3. The molecule has 0 aromatic heterocycles. The summed E-state index contributed by atoms with van der Waals surface area (Å²) in [5.41, 5.74) is 0. The summed E-state index contributed by atoms with van der Waals surface area (Å²) < 4.78 is 0. The molecule has 0 fully saturated rings. The summed E-state index contributed by atoms with van der Waals surface area (Å²) in [5, 5.41) is 12.6. The van der Waals surface area contributed by atoms with Gasteiger partial charge in [-0.15, -0.1) is 0 Å². The van der Waals surface area contributed by atoms with Gasteiger partial charge in [-0.25, -0.2) is 0 Å². The van der Waals surface area contributed by atoms with E-state index in [9.17, 15) is 0 Å². The minimum atomic E-state index is -0.446. The van der Waals surface area contributed by atoms with Crippen LogP contribution in [0.15, 0.2) is 273 Å². The van der Waals surface area contributed by atoms with Crippen LogP contribution < -0.4 is 64.7 Å². The molecule has 0 heterocycles. The fourth-order valence-corrected chi connectivity index (χ4v) is 13.5. The quantitative estimate of drug-likeness (QED) is 0.105. The summed E-state index contributed by atoms with van der Waals surface area (Å²) in [6.45, 7) is 0. The fourth-order valence-electron chi connectivity index (χ4n) is 6.54. The summed E-state index contributed by atoms with van der Waals surface area (Å²) in [7, 11) is -1.34. The maximum Gasteiger partial charge on any atom is 1.00 e. The third-order valence-corrected chi connectivity index (χ3v) is 16.5. The van der Waals surface area contributed by atoms with Crippen molar-refractivity contribution in [1.29, 1.82) is 0 Å². The largest absolute Gasteiger partial charge is 1.00 e. The van der Waals surface area contributed by atoms with Crippen molar-refractivity contribution in [3.63, 3.8) is 0 Å². The molecule has 0 saturated heterocycles. The Bertz CT molecular complexity index is 1870. The fraction of sp³-hybridized carbons (Fsp3) is 0. The van der Waals surface area contributed by atoms with Crippen molar-refractivity contribution >= 4 is 71.5 Å². The third kappa shape index (κ3) is 13.1. The molecule has 0 unspecified atom stereocenters. The first-order chi connectivity index (χ1) is 28.3. The van der Waals surface area contributed by atoms with E-state index < -0.39 is 23.8 Å². The van der Waals surface area contributed by atoms with Crippen LogP contribution in [0.2, 0.25) is 0 Å². The maximum atomic E-state index is 2.23. The molecule has 0 saturated carbocycles. The number of benzene rings is 9. The average molecular weight is 925 g/mol. The van der Waals surface area contributed by atoms with Gasteiger partial charge in [-0.1, -0.05) is 273 Å². The van der Waals surface area contributed by atoms with Gasteiger partial charge < -0.3 is 17.0 Å². The van der Waals surface area contributed by atoms with Gasteiger partial charge in [0, 0.05) is 0 Å². The topological polar surface area (TPSA) is 0 Å². The number of hydrogen-bond donors (Lipinski definition) is 0. The second-order valence-corrected chi connectivity index (χ2v) is 19.7. The standard InChI is InChI=1S/3C18H15P.BrH.Ni/c3*1-4-10-16(11-5-1)19(17-12-6-2-7-13-17)18-14-8-3-9-15-18;;/h3*1-15H;1H;/q;;;;+1/p-1. The molecule has 9 rings (SSSR count). The van der Waals surface area contributed by atoms with E-state index in [4.69, 9.17) is 0 Å². The Morgan fingerprint density at radius 2 is 0.237 bits per heavy atom. The predicted molar refractivity (Wildman–Crippen MR) is 255 cm³/mol. The van der Waals surface area contributed by atoms with Crippen molar-refractivity contribution in [1.82, 2.24) is 0 Å². The van der Waals surface area contributed by atoms with Gasteiger partial charge in [0.2, 0.25) is 0 Å². The van der Waals surface area contributed by atoms with Crippen LogP contribution in [0.5, 0.6) is 0 Å².